The van der Waals surface area contributed by atoms with Gasteiger partial charge in [-0.2, -0.15) is 5.26 Å². The predicted molar refractivity (Wildman–Crippen MR) is 88.7 cm³/mol. The zero-order chi connectivity index (χ0) is 18.0. The molecule has 0 aliphatic carbocycles. The third kappa shape index (κ3) is 3.97. The van der Waals surface area contributed by atoms with Gasteiger partial charge in [-0.05, 0) is 48.5 Å². The highest BCUT2D eigenvalue weighted by Gasteiger charge is 2.32. The first kappa shape index (κ1) is 17.0. The largest absolute Gasteiger partial charge is 0.573 e. The van der Waals surface area contributed by atoms with Crippen molar-refractivity contribution in [1.29, 1.82) is 5.26 Å². The molecule has 1 aliphatic rings. The Hall–Kier alpha value is -2.88. The molecule has 1 heterocycles. The molecular weight excluding hydrogens is 331 g/mol. The molecule has 4 nitrogen and oxygen atoms in total. The first-order chi connectivity index (χ1) is 11.9. The van der Waals surface area contributed by atoms with Gasteiger partial charge in [0, 0.05) is 31.5 Å². The van der Waals surface area contributed by atoms with Gasteiger partial charge in [0.1, 0.15) is 5.75 Å². The summed E-state index contributed by atoms with van der Waals surface area (Å²) in [6.45, 7) is 1.55. The predicted octanol–water partition coefficient (Wildman–Crippen LogP) is 3.78. The minimum absolute atomic E-state index is 0.219. The molecule has 0 radical (unpaired) electrons. The van der Waals surface area contributed by atoms with E-state index < -0.39 is 6.36 Å². The van der Waals surface area contributed by atoms with Crippen molar-refractivity contribution >= 4 is 11.4 Å². The highest BCUT2D eigenvalue weighted by atomic mass is 19.4. The molecule has 0 aromatic heterocycles. The van der Waals surface area contributed by atoms with Crippen LogP contribution in [0.3, 0.4) is 0 Å². The Morgan fingerprint density at radius 3 is 2.20 bits per heavy atom. The maximum absolute atomic E-state index is 12.2. The van der Waals surface area contributed by atoms with E-state index in [0.29, 0.717) is 11.6 Å². The maximum atomic E-state index is 12.2. The summed E-state index contributed by atoms with van der Waals surface area (Å²) in [7, 11) is 1.99. The molecule has 1 saturated heterocycles. The Labute approximate surface area is 143 Å². The van der Waals surface area contributed by atoms with Crippen molar-refractivity contribution in [1.82, 2.24) is 0 Å². The van der Waals surface area contributed by atoms with Gasteiger partial charge in [0.05, 0.1) is 17.7 Å². The molecule has 3 rings (SSSR count). The molecule has 0 N–H and O–H groups in total. The fraction of sp³-hybridized carbons (Fsp3) is 0.278. The molecule has 0 atom stereocenters. The molecule has 130 valence electrons. The van der Waals surface area contributed by atoms with Gasteiger partial charge in [-0.15, -0.1) is 13.2 Å². The Balaban J connectivity index is 1.57. The lowest BCUT2D eigenvalue weighted by Gasteiger charge is -2.46. The van der Waals surface area contributed by atoms with Gasteiger partial charge >= 0.3 is 6.36 Å². The van der Waals surface area contributed by atoms with E-state index in [4.69, 9.17) is 5.26 Å². The Morgan fingerprint density at radius 2 is 1.68 bits per heavy atom. The topological polar surface area (TPSA) is 39.5 Å². The van der Waals surface area contributed by atoms with Crippen LogP contribution in [0.5, 0.6) is 5.75 Å². The van der Waals surface area contributed by atoms with Crippen LogP contribution < -0.4 is 14.5 Å². The Bertz CT molecular complexity index is 760. The first-order valence-electron chi connectivity index (χ1n) is 7.69. The Kier molecular flexibility index (Phi) is 4.45. The van der Waals surface area contributed by atoms with E-state index in [9.17, 15) is 13.2 Å². The molecule has 0 amide bonds. The molecule has 2 aromatic carbocycles. The summed E-state index contributed by atoms with van der Waals surface area (Å²) in [4.78, 5) is 4.22. The molecular formula is C18H16F3N3O. The SMILES string of the molecule is CN(c1ccc(C#N)cc1)C1CN(c2ccc(OC(F)(F)F)cc2)C1. The first-order valence-corrected chi connectivity index (χ1v) is 7.69. The van der Waals surface area contributed by atoms with E-state index in [1.165, 1.54) is 12.1 Å². The van der Waals surface area contributed by atoms with Crippen LogP contribution in [0.1, 0.15) is 5.56 Å². The van der Waals surface area contributed by atoms with Gasteiger partial charge in [0.2, 0.25) is 0 Å². The van der Waals surface area contributed by atoms with Crippen LogP contribution in [0, 0.1) is 11.3 Å². The smallest absolute Gasteiger partial charge is 0.406 e. The van der Waals surface area contributed by atoms with Crippen molar-refractivity contribution in [2.75, 3.05) is 29.9 Å². The fourth-order valence-electron chi connectivity index (χ4n) is 2.75. The molecule has 0 bridgehead atoms. The van der Waals surface area contributed by atoms with Crippen LogP contribution in [-0.4, -0.2) is 32.5 Å². The second kappa shape index (κ2) is 6.55. The van der Waals surface area contributed by atoms with Crippen LogP contribution >= 0.6 is 0 Å². The standard InChI is InChI=1S/C18H16F3N3O/c1-23(14-4-2-13(10-22)3-5-14)16-11-24(12-16)15-6-8-17(9-7-15)25-18(19,20)21/h2-9,16H,11-12H2,1H3. The van der Waals surface area contributed by atoms with Crippen molar-refractivity contribution < 1.29 is 17.9 Å². The quantitative estimate of drug-likeness (QED) is 0.844. The Morgan fingerprint density at radius 1 is 1.08 bits per heavy atom. The van der Waals surface area contributed by atoms with Gasteiger partial charge in [0.15, 0.2) is 0 Å². The maximum Gasteiger partial charge on any atom is 0.573 e. The summed E-state index contributed by atoms with van der Waals surface area (Å²) in [5.41, 5.74) is 2.50. The summed E-state index contributed by atoms with van der Waals surface area (Å²) in [5, 5.41) is 8.83. The van der Waals surface area contributed by atoms with E-state index in [0.717, 1.165) is 24.5 Å². The lowest BCUT2D eigenvalue weighted by Crippen LogP contribution is -2.58. The second-order valence-corrected chi connectivity index (χ2v) is 5.87. The normalized spacial score (nSPS) is 14.6. The van der Waals surface area contributed by atoms with Crippen LogP contribution in [0.4, 0.5) is 24.5 Å². The number of nitrogens with zero attached hydrogens (tertiary/aromatic N) is 3. The average molecular weight is 347 g/mol. The number of hydrogen-bond acceptors (Lipinski definition) is 4. The van der Waals surface area contributed by atoms with Crippen molar-refractivity contribution in [2.24, 2.45) is 0 Å². The average Bonchev–Trinajstić information content (AvgIpc) is 2.53. The fourth-order valence-corrected chi connectivity index (χ4v) is 2.75. The van der Waals surface area contributed by atoms with E-state index in [1.807, 2.05) is 19.2 Å². The lowest BCUT2D eigenvalue weighted by molar-refractivity contribution is -0.274. The zero-order valence-corrected chi connectivity index (χ0v) is 13.5. The summed E-state index contributed by atoms with van der Waals surface area (Å²) >= 11 is 0. The minimum Gasteiger partial charge on any atom is -0.406 e. The number of ether oxygens (including phenoxy) is 1. The molecule has 1 aliphatic heterocycles. The molecule has 0 unspecified atom stereocenters. The monoisotopic (exact) mass is 347 g/mol. The number of likely N-dealkylation sites (N-methyl/N-ethyl adjacent to an activating group) is 1. The van der Waals surface area contributed by atoms with Crippen molar-refractivity contribution in [3.63, 3.8) is 0 Å². The molecule has 0 spiro atoms. The number of halogens is 3. The number of nitriles is 1. The van der Waals surface area contributed by atoms with Crippen molar-refractivity contribution in [2.45, 2.75) is 12.4 Å². The van der Waals surface area contributed by atoms with Gasteiger partial charge < -0.3 is 14.5 Å². The minimum atomic E-state index is -4.67. The highest BCUT2D eigenvalue weighted by molar-refractivity contribution is 5.56. The van der Waals surface area contributed by atoms with Gasteiger partial charge in [-0.25, -0.2) is 0 Å². The summed E-state index contributed by atoms with van der Waals surface area (Å²) in [5.74, 6) is -0.219. The third-order valence-corrected chi connectivity index (χ3v) is 4.25. The third-order valence-electron chi connectivity index (χ3n) is 4.25. The van der Waals surface area contributed by atoms with Crippen LogP contribution in [0.2, 0.25) is 0 Å². The zero-order valence-electron chi connectivity index (χ0n) is 13.5. The number of hydrogen-bond donors (Lipinski definition) is 0. The van der Waals surface area contributed by atoms with Crippen molar-refractivity contribution in [3.05, 3.63) is 54.1 Å². The van der Waals surface area contributed by atoms with Crippen molar-refractivity contribution in [3.8, 4) is 11.8 Å². The lowest BCUT2D eigenvalue weighted by atomic mass is 10.0. The van der Waals surface area contributed by atoms with Gasteiger partial charge in [-0.3, -0.25) is 0 Å². The molecule has 0 saturated carbocycles. The van der Waals surface area contributed by atoms with Crippen LogP contribution in [-0.2, 0) is 0 Å². The van der Waals surface area contributed by atoms with E-state index in [-0.39, 0.29) is 5.75 Å². The van der Waals surface area contributed by atoms with E-state index in [2.05, 4.69) is 20.6 Å². The molecule has 7 heteroatoms. The highest BCUT2D eigenvalue weighted by Crippen LogP contribution is 2.29. The summed E-state index contributed by atoms with van der Waals surface area (Å²) in [6, 6.07) is 15.7. The number of anilines is 2. The number of benzene rings is 2. The molecule has 1 fully saturated rings. The van der Waals surface area contributed by atoms with Gasteiger partial charge in [-0.1, -0.05) is 0 Å². The van der Waals surface area contributed by atoms with Gasteiger partial charge in [0.25, 0.3) is 0 Å². The molecule has 25 heavy (non-hydrogen) atoms. The summed E-state index contributed by atoms with van der Waals surface area (Å²) < 4.78 is 40.4. The van der Waals surface area contributed by atoms with Crippen LogP contribution in [0.25, 0.3) is 0 Å². The second-order valence-electron chi connectivity index (χ2n) is 5.87. The van der Waals surface area contributed by atoms with Crippen LogP contribution in [0.15, 0.2) is 48.5 Å². The summed E-state index contributed by atoms with van der Waals surface area (Å²) in [6.07, 6.45) is -4.67. The van der Waals surface area contributed by atoms with E-state index in [1.54, 1.807) is 24.3 Å². The molecule has 2 aromatic rings. The number of rotatable bonds is 4. The number of alkyl halides is 3. The van der Waals surface area contributed by atoms with E-state index >= 15 is 0 Å².